The van der Waals surface area contributed by atoms with Crippen LogP contribution in [0.1, 0.15) is 24.3 Å². The second kappa shape index (κ2) is 5.72. The first-order chi connectivity index (χ1) is 5.79. The zero-order chi connectivity index (χ0) is 9.56. The van der Waals surface area contributed by atoms with Gasteiger partial charge in [-0.1, -0.05) is 20.4 Å². The third-order valence-corrected chi connectivity index (χ3v) is 2.40. The Labute approximate surface area is 78.5 Å². The molecule has 0 N–H and O–H groups in total. The number of thiophene rings is 1. The molecule has 0 fully saturated rings. The van der Waals surface area contributed by atoms with E-state index in [9.17, 15) is 0 Å². The van der Waals surface area contributed by atoms with Crippen LogP contribution in [0.4, 0.5) is 5.69 Å². The Bertz CT molecular complexity index is 261. The van der Waals surface area contributed by atoms with Crippen LogP contribution < -0.4 is 0 Å². The van der Waals surface area contributed by atoms with Gasteiger partial charge in [-0.15, -0.1) is 11.3 Å². The van der Waals surface area contributed by atoms with Crippen LogP contribution in [0.25, 0.3) is 6.08 Å². The summed E-state index contributed by atoms with van der Waals surface area (Å²) in [6.07, 6.45) is 1.81. The lowest BCUT2D eigenvalue weighted by atomic mass is 10.3. The molecule has 0 atom stereocenters. The van der Waals surface area contributed by atoms with Crippen molar-refractivity contribution in [2.75, 3.05) is 0 Å². The average Bonchev–Trinajstić information content (AvgIpc) is 2.49. The molecule has 1 nitrogen and oxygen atoms in total. The Morgan fingerprint density at radius 3 is 2.42 bits per heavy atom. The van der Waals surface area contributed by atoms with E-state index in [1.54, 1.807) is 11.3 Å². The topological polar surface area (TPSA) is 12.4 Å². The molecule has 0 spiro atoms. The Morgan fingerprint density at radius 2 is 2.08 bits per heavy atom. The van der Waals surface area contributed by atoms with Crippen LogP contribution in [0.3, 0.4) is 0 Å². The molecule has 0 radical (unpaired) electrons. The number of hydrogen-bond acceptors (Lipinski definition) is 2. The van der Waals surface area contributed by atoms with Gasteiger partial charge in [-0.3, -0.25) is 4.99 Å². The van der Waals surface area contributed by atoms with Crippen molar-refractivity contribution in [3.8, 4) is 0 Å². The number of hydrogen-bond donors (Lipinski definition) is 0. The molecular formula is C10H15NS. The summed E-state index contributed by atoms with van der Waals surface area (Å²) in [5.41, 5.74) is 2.15. The zero-order valence-corrected chi connectivity index (χ0v) is 8.74. The Hall–Kier alpha value is -0.890. The summed E-state index contributed by atoms with van der Waals surface area (Å²) in [5, 5.41) is 2.06. The molecule has 1 aromatic rings. The average molecular weight is 181 g/mol. The summed E-state index contributed by atoms with van der Waals surface area (Å²) in [5.74, 6) is 0. The monoisotopic (exact) mass is 181 g/mol. The van der Waals surface area contributed by atoms with Crippen molar-refractivity contribution < 1.29 is 0 Å². The fraction of sp³-hybridized carbons (Fsp3) is 0.300. The lowest BCUT2D eigenvalue weighted by Crippen LogP contribution is -1.64. The van der Waals surface area contributed by atoms with E-state index in [1.807, 2.05) is 26.8 Å². The lowest BCUT2D eigenvalue weighted by Gasteiger charge is -1.89. The normalized spacial score (nSPS) is 8.25. The Morgan fingerprint density at radius 1 is 1.50 bits per heavy atom. The largest absolute Gasteiger partial charge is 0.263 e. The van der Waals surface area contributed by atoms with Gasteiger partial charge < -0.3 is 0 Å². The van der Waals surface area contributed by atoms with Crippen molar-refractivity contribution in [3.63, 3.8) is 0 Å². The number of rotatable bonds is 2. The summed E-state index contributed by atoms with van der Waals surface area (Å²) >= 11 is 1.65. The van der Waals surface area contributed by atoms with E-state index in [1.165, 1.54) is 5.56 Å². The maximum absolute atomic E-state index is 3.89. The molecule has 0 saturated heterocycles. The second-order valence-electron chi connectivity index (χ2n) is 1.99. The first kappa shape index (κ1) is 11.1. The number of aryl methyl sites for hydroxylation is 1. The molecule has 66 valence electrons. The predicted octanol–water partition coefficient (Wildman–Crippen LogP) is 4.06. The molecule has 0 aliphatic carbocycles. The van der Waals surface area contributed by atoms with Crippen molar-refractivity contribution in [2.24, 2.45) is 4.99 Å². The van der Waals surface area contributed by atoms with Crippen LogP contribution in [0.5, 0.6) is 0 Å². The quantitative estimate of drug-likeness (QED) is 0.610. The Balaban J connectivity index is 0.000000561. The van der Waals surface area contributed by atoms with Gasteiger partial charge in [0.05, 0.1) is 10.6 Å². The Kier molecular flexibility index (Phi) is 5.30. The molecule has 0 aliphatic rings. The van der Waals surface area contributed by atoms with Gasteiger partial charge >= 0.3 is 0 Å². The van der Waals surface area contributed by atoms with Gasteiger partial charge in [0.15, 0.2) is 0 Å². The van der Waals surface area contributed by atoms with Crippen molar-refractivity contribution in [1.29, 1.82) is 0 Å². The molecule has 1 heterocycles. The smallest absolute Gasteiger partial charge is 0.0831 e. The van der Waals surface area contributed by atoms with Gasteiger partial charge in [0, 0.05) is 0 Å². The summed E-state index contributed by atoms with van der Waals surface area (Å²) in [7, 11) is 0. The van der Waals surface area contributed by atoms with Crippen molar-refractivity contribution in [1.82, 2.24) is 0 Å². The minimum atomic E-state index is 0.972. The third kappa shape index (κ3) is 2.31. The third-order valence-electron chi connectivity index (χ3n) is 1.31. The van der Waals surface area contributed by atoms with E-state index in [0.717, 1.165) is 10.6 Å². The molecule has 0 amide bonds. The summed E-state index contributed by atoms with van der Waals surface area (Å²) in [6.45, 7) is 13.2. The highest BCUT2D eigenvalue weighted by molar-refractivity contribution is 7.11. The van der Waals surface area contributed by atoms with E-state index >= 15 is 0 Å². The van der Waals surface area contributed by atoms with Crippen LogP contribution in [-0.4, -0.2) is 6.72 Å². The minimum Gasteiger partial charge on any atom is -0.263 e. The van der Waals surface area contributed by atoms with Crippen molar-refractivity contribution >= 4 is 29.8 Å². The van der Waals surface area contributed by atoms with Gasteiger partial charge in [-0.25, -0.2) is 0 Å². The minimum absolute atomic E-state index is 0.972. The maximum atomic E-state index is 3.89. The van der Waals surface area contributed by atoms with Crippen molar-refractivity contribution in [2.45, 2.75) is 20.8 Å². The van der Waals surface area contributed by atoms with Gasteiger partial charge in [-0.05, 0) is 30.7 Å². The van der Waals surface area contributed by atoms with E-state index in [0.29, 0.717) is 0 Å². The highest BCUT2D eigenvalue weighted by Gasteiger charge is 2.01. The molecule has 2 heteroatoms. The molecule has 0 aliphatic heterocycles. The first-order valence-corrected chi connectivity index (χ1v) is 4.84. The fourth-order valence-electron chi connectivity index (χ4n) is 0.805. The number of aliphatic imine (C=N–C) groups is 1. The molecule has 0 bridgehead atoms. The molecule has 1 rings (SSSR count). The predicted molar refractivity (Wildman–Crippen MR) is 59.7 cm³/mol. The van der Waals surface area contributed by atoms with E-state index in [4.69, 9.17) is 0 Å². The highest BCUT2D eigenvalue weighted by atomic mass is 32.1. The van der Waals surface area contributed by atoms with Gasteiger partial charge in [-0.2, -0.15) is 0 Å². The molecule has 1 aromatic heterocycles. The standard InChI is InChI=1S/C8H9NS.C2H6/c1-4-7-8(9-3)6(2)5-10-7;1-2/h4-5H,1,3H2,2H3;1-2H3. The SMILES string of the molecule is C=Cc1scc(C)c1N=C.CC. The summed E-state index contributed by atoms with van der Waals surface area (Å²) < 4.78 is 0. The molecule has 0 aromatic carbocycles. The zero-order valence-electron chi connectivity index (χ0n) is 7.92. The molecule has 12 heavy (non-hydrogen) atoms. The lowest BCUT2D eigenvalue weighted by molar-refractivity contribution is 1.47. The molecule has 0 saturated carbocycles. The van der Waals surface area contributed by atoms with Gasteiger partial charge in [0.25, 0.3) is 0 Å². The highest BCUT2D eigenvalue weighted by Crippen LogP contribution is 2.30. The van der Waals surface area contributed by atoms with Crippen molar-refractivity contribution in [3.05, 3.63) is 22.4 Å². The fourth-order valence-corrected chi connectivity index (χ4v) is 1.65. The first-order valence-electron chi connectivity index (χ1n) is 3.97. The van der Waals surface area contributed by atoms with Gasteiger partial charge in [0.2, 0.25) is 0 Å². The summed E-state index contributed by atoms with van der Waals surface area (Å²) in [6, 6.07) is 0. The van der Waals surface area contributed by atoms with Crippen LogP contribution in [0.2, 0.25) is 0 Å². The molecular weight excluding hydrogens is 166 g/mol. The van der Waals surface area contributed by atoms with E-state index in [-0.39, 0.29) is 0 Å². The maximum Gasteiger partial charge on any atom is 0.0831 e. The van der Waals surface area contributed by atoms with Crippen LogP contribution in [0, 0.1) is 6.92 Å². The van der Waals surface area contributed by atoms with E-state index < -0.39 is 0 Å². The van der Waals surface area contributed by atoms with Crippen LogP contribution in [-0.2, 0) is 0 Å². The van der Waals surface area contributed by atoms with E-state index in [2.05, 4.69) is 23.7 Å². The van der Waals surface area contributed by atoms with Crippen LogP contribution in [0.15, 0.2) is 17.0 Å². The second-order valence-corrected chi connectivity index (χ2v) is 2.91. The summed E-state index contributed by atoms with van der Waals surface area (Å²) in [4.78, 5) is 4.99. The number of nitrogens with zero attached hydrogens (tertiary/aromatic N) is 1. The van der Waals surface area contributed by atoms with Crippen LogP contribution >= 0.6 is 11.3 Å². The van der Waals surface area contributed by atoms with Gasteiger partial charge in [0.1, 0.15) is 0 Å². The molecule has 0 unspecified atom stereocenters.